The molecule has 0 saturated heterocycles. The maximum absolute atomic E-state index is 11.9. The number of amides is 1. The van der Waals surface area contributed by atoms with Crippen LogP contribution in [0.15, 0.2) is 48.6 Å². The van der Waals surface area contributed by atoms with Crippen molar-refractivity contribution in [3.63, 3.8) is 0 Å². The number of aliphatic hydroxyl groups is 2. The summed E-state index contributed by atoms with van der Waals surface area (Å²) in [6.45, 7) is -0.611. The average molecular weight is 602 g/mol. The number of rotatable bonds is 16. The number of esters is 4. The SMILES string of the molecule is O=C(O)/C=C/C(=O)OCCN(CCOC(=O)/C=C/C(=O)O)C(=O)/C=C/C(=O)O.O=C1C=CC(=O)O1.OCCCCCO. The number of unbranched alkanes of at least 4 members (excludes halogenated alkanes) is 2. The summed E-state index contributed by atoms with van der Waals surface area (Å²) in [5.41, 5.74) is 0. The van der Waals surface area contributed by atoms with Crippen LogP contribution >= 0.6 is 0 Å². The normalized spacial score (nSPS) is 11.8. The summed E-state index contributed by atoms with van der Waals surface area (Å²) in [6, 6.07) is 0. The zero-order valence-corrected chi connectivity index (χ0v) is 22.2. The van der Waals surface area contributed by atoms with Gasteiger partial charge in [-0.2, -0.15) is 0 Å². The Morgan fingerprint density at radius 1 is 0.643 bits per heavy atom. The Kier molecular flexibility index (Phi) is 23.1. The summed E-state index contributed by atoms with van der Waals surface area (Å²) in [7, 11) is 0. The second-order valence-electron chi connectivity index (χ2n) is 7.26. The van der Waals surface area contributed by atoms with Crippen LogP contribution in [0.3, 0.4) is 0 Å². The lowest BCUT2D eigenvalue weighted by Crippen LogP contribution is -2.36. The topological polar surface area (TPSA) is 269 Å². The second kappa shape index (κ2) is 24.9. The van der Waals surface area contributed by atoms with Crippen molar-refractivity contribution in [3.05, 3.63) is 48.6 Å². The van der Waals surface area contributed by atoms with Gasteiger partial charge < -0.3 is 44.6 Å². The van der Waals surface area contributed by atoms with Gasteiger partial charge in [0.2, 0.25) is 5.91 Å². The van der Waals surface area contributed by atoms with E-state index >= 15 is 0 Å². The van der Waals surface area contributed by atoms with Crippen molar-refractivity contribution in [2.45, 2.75) is 19.3 Å². The van der Waals surface area contributed by atoms with E-state index in [1.165, 1.54) is 0 Å². The van der Waals surface area contributed by atoms with Gasteiger partial charge in [0.05, 0.1) is 13.1 Å². The van der Waals surface area contributed by atoms with Crippen LogP contribution in [0.2, 0.25) is 0 Å². The number of hydrogen-bond donors (Lipinski definition) is 5. The zero-order chi connectivity index (χ0) is 32.3. The molecule has 42 heavy (non-hydrogen) atoms. The summed E-state index contributed by atoms with van der Waals surface area (Å²) in [6.07, 6.45) is 8.51. The molecule has 5 N–H and O–H groups in total. The minimum Gasteiger partial charge on any atom is -0.478 e. The van der Waals surface area contributed by atoms with Crippen LogP contribution in [-0.4, -0.2) is 118 Å². The van der Waals surface area contributed by atoms with Gasteiger partial charge in [-0.05, 0) is 19.3 Å². The number of carboxylic acid groups (broad SMARTS) is 3. The van der Waals surface area contributed by atoms with E-state index in [0.29, 0.717) is 30.4 Å². The molecule has 1 aliphatic rings. The highest BCUT2D eigenvalue weighted by Crippen LogP contribution is 1.96. The van der Waals surface area contributed by atoms with E-state index in [9.17, 15) is 38.4 Å². The van der Waals surface area contributed by atoms with Crippen LogP contribution in [0, 0.1) is 0 Å². The number of carbonyl (C=O) groups is 8. The molecule has 0 aromatic carbocycles. The zero-order valence-electron chi connectivity index (χ0n) is 22.2. The monoisotopic (exact) mass is 601 g/mol. The lowest BCUT2D eigenvalue weighted by molar-refractivity contribution is -0.150. The number of aliphatic carboxylic acids is 3. The minimum absolute atomic E-state index is 0.210. The summed E-state index contributed by atoms with van der Waals surface area (Å²) in [4.78, 5) is 86.3. The molecule has 0 fully saturated rings. The van der Waals surface area contributed by atoms with Crippen LogP contribution in [-0.2, 0) is 52.6 Å². The van der Waals surface area contributed by atoms with Gasteiger partial charge in [-0.25, -0.2) is 33.6 Å². The van der Waals surface area contributed by atoms with Gasteiger partial charge in [-0.15, -0.1) is 0 Å². The molecule has 0 bridgehead atoms. The van der Waals surface area contributed by atoms with Gasteiger partial charge in [-0.3, -0.25) is 4.79 Å². The van der Waals surface area contributed by atoms with Gasteiger partial charge in [0, 0.05) is 61.8 Å². The summed E-state index contributed by atoms with van der Waals surface area (Å²) in [5.74, 6) is -7.96. The van der Waals surface area contributed by atoms with Gasteiger partial charge in [-0.1, -0.05) is 0 Å². The quantitative estimate of drug-likeness (QED) is 0.0447. The largest absolute Gasteiger partial charge is 0.478 e. The third kappa shape index (κ3) is 26.4. The van der Waals surface area contributed by atoms with Gasteiger partial charge in [0.1, 0.15) is 13.2 Å². The molecule has 0 spiro atoms. The van der Waals surface area contributed by atoms with Crippen molar-refractivity contribution in [1.29, 1.82) is 0 Å². The van der Waals surface area contributed by atoms with Crippen molar-refractivity contribution in [2.24, 2.45) is 0 Å². The molecular weight excluding hydrogens is 570 g/mol. The summed E-state index contributed by atoms with van der Waals surface area (Å²) >= 11 is 0. The predicted octanol–water partition coefficient (Wildman–Crippen LogP) is -1.41. The molecule has 1 heterocycles. The number of nitrogens with zero attached hydrogens (tertiary/aromatic N) is 1. The average Bonchev–Trinajstić information content (AvgIpc) is 3.31. The third-order valence-corrected chi connectivity index (χ3v) is 3.99. The van der Waals surface area contributed by atoms with E-state index in [1.54, 1.807) is 0 Å². The fourth-order valence-corrected chi connectivity index (χ4v) is 2.17. The molecule has 0 unspecified atom stereocenters. The number of carbonyl (C=O) groups excluding carboxylic acids is 5. The molecule has 0 atom stereocenters. The highest BCUT2D eigenvalue weighted by Gasteiger charge is 2.13. The molecular formula is C25H31NO16. The fourth-order valence-electron chi connectivity index (χ4n) is 2.17. The van der Waals surface area contributed by atoms with Crippen molar-refractivity contribution in [3.8, 4) is 0 Å². The first-order chi connectivity index (χ1) is 19.8. The summed E-state index contributed by atoms with van der Waals surface area (Å²) in [5, 5.41) is 41.7. The molecule has 17 heteroatoms. The van der Waals surface area contributed by atoms with Gasteiger partial charge in [0.15, 0.2) is 0 Å². The van der Waals surface area contributed by atoms with Gasteiger partial charge >= 0.3 is 41.8 Å². The maximum Gasteiger partial charge on any atom is 0.338 e. The first kappa shape index (κ1) is 39.0. The number of carboxylic acids is 3. The molecule has 0 aliphatic carbocycles. The van der Waals surface area contributed by atoms with Crippen molar-refractivity contribution in [1.82, 2.24) is 4.90 Å². The first-order valence-electron chi connectivity index (χ1n) is 11.8. The minimum atomic E-state index is -1.37. The molecule has 0 radical (unpaired) electrons. The molecule has 0 saturated carbocycles. The number of aliphatic hydroxyl groups excluding tert-OH is 2. The first-order valence-corrected chi connectivity index (χ1v) is 11.8. The number of ether oxygens (including phenoxy) is 3. The van der Waals surface area contributed by atoms with Crippen molar-refractivity contribution >= 4 is 47.7 Å². The van der Waals surface area contributed by atoms with Crippen LogP contribution in [0.25, 0.3) is 0 Å². The Morgan fingerprint density at radius 3 is 1.33 bits per heavy atom. The van der Waals surface area contributed by atoms with Crippen LogP contribution < -0.4 is 0 Å². The van der Waals surface area contributed by atoms with E-state index in [4.69, 9.17) is 25.5 Å². The van der Waals surface area contributed by atoms with E-state index in [2.05, 4.69) is 14.2 Å². The van der Waals surface area contributed by atoms with Gasteiger partial charge in [0.25, 0.3) is 0 Å². The van der Waals surface area contributed by atoms with Crippen molar-refractivity contribution in [2.75, 3.05) is 39.5 Å². The lowest BCUT2D eigenvalue weighted by Gasteiger charge is -2.20. The molecule has 17 nitrogen and oxygen atoms in total. The van der Waals surface area contributed by atoms with Crippen LogP contribution in [0.1, 0.15) is 19.3 Å². The Bertz CT molecular complexity index is 995. The number of cyclic esters (lactones) is 2. The predicted molar refractivity (Wildman–Crippen MR) is 137 cm³/mol. The Morgan fingerprint density at radius 2 is 1.02 bits per heavy atom. The Labute approximate surface area is 238 Å². The maximum atomic E-state index is 11.9. The third-order valence-electron chi connectivity index (χ3n) is 3.99. The Hall–Kier alpha value is -5.16. The van der Waals surface area contributed by atoms with E-state index in [0.717, 1.165) is 42.4 Å². The molecule has 0 aromatic heterocycles. The Balaban J connectivity index is 0. The van der Waals surface area contributed by atoms with Crippen LogP contribution in [0.4, 0.5) is 0 Å². The van der Waals surface area contributed by atoms with Crippen molar-refractivity contribution < 1.29 is 78.1 Å². The van der Waals surface area contributed by atoms with E-state index in [-0.39, 0.29) is 39.5 Å². The summed E-state index contributed by atoms with van der Waals surface area (Å²) < 4.78 is 13.3. The van der Waals surface area contributed by atoms with E-state index in [1.807, 2.05) is 0 Å². The molecule has 1 amide bonds. The second-order valence-corrected chi connectivity index (χ2v) is 7.26. The number of hydrogen-bond acceptors (Lipinski definition) is 13. The molecule has 1 aliphatic heterocycles. The highest BCUT2D eigenvalue weighted by atomic mass is 16.6. The standard InChI is InChI=1S/C16H17NO11.C5H12O2.C4H2O3/c18-11(1-2-12(19)20)17(7-9-27-15(25)5-3-13(21)22)8-10-28-16(26)6-4-14(23)24;6-4-2-1-3-5-7;5-3-1-2-4(6)7-3/h1-6H,7-10H2,(H,19,20)(H,21,22)(H,23,24);6-7H,1-5H2;1-2H/b2-1+,5-3+,6-4+;;. The van der Waals surface area contributed by atoms with E-state index < -0.39 is 47.7 Å². The van der Waals surface area contributed by atoms with Crippen LogP contribution in [0.5, 0.6) is 0 Å². The smallest absolute Gasteiger partial charge is 0.338 e. The highest BCUT2D eigenvalue weighted by molar-refractivity contribution is 6.05. The molecule has 0 aromatic rings. The lowest BCUT2D eigenvalue weighted by atomic mass is 10.2. The molecule has 232 valence electrons. The fraction of sp³-hybridized carbons (Fsp3) is 0.360. The molecule has 1 rings (SSSR count).